The first kappa shape index (κ1) is 40.6. The summed E-state index contributed by atoms with van der Waals surface area (Å²) in [6.45, 7) is 7.35. The molecule has 2 fully saturated rings. The van der Waals surface area contributed by atoms with Gasteiger partial charge in [-0.2, -0.15) is 0 Å². The number of anilines is 2. The van der Waals surface area contributed by atoms with E-state index in [0.717, 1.165) is 52.8 Å². The number of nitrogens with one attached hydrogen (secondary N) is 2. The Morgan fingerprint density at radius 3 is 2.30 bits per heavy atom. The van der Waals surface area contributed by atoms with Gasteiger partial charge in [0.05, 0.1) is 30.2 Å². The highest BCUT2D eigenvalue weighted by Crippen LogP contribution is 2.39. The molecule has 0 radical (unpaired) electrons. The first-order valence-electron chi connectivity index (χ1n) is 19.5. The van der Waals surface area contributed by atoms with Crippen LogP contribution in [-0.4, -0.2) is 58.6 Å². The Morgan fingerprint density at radius 1 is 0.875 bits per heavy atom. The van der Waals surface area contributed by atoms with Crippen LogP contribution in [0.1, 0.15) is 93.9 Å². The minimum Gasteiger partial charge on any atom is -0.459 e. The fraction of sp³-hybridized carbons (Fsp3) is 0.400. The fourth-order valence-corrected chi connectivity index (χ4v) is 7.27. The maximum atomic E-state index is 13.1. The molecule has 2 saturated heterocycles. The molecule has 11 nitrogen and oxygen atoms in total. The number of amides is 2. The summed E-state index contributed by atoms with van der Waals surface area (Å²) in [6, 6.07) is 30.6. The number of aliphatic hydroxyl groups is 1. The molecule has 11 heteroatoms. The molecule has 2 amide bonds. The zero-order chi connectivity index (χ0) is 39.7. The third-order valence-electron chi connectivity index (χ3n) is 10.1. The number of benzene rings is 4. The first-order chi connectivity index (χ1) is 27.0. The molecule has 0 bridgehead atoms. The van der Waals surface area contributed by atoms with Crippen LogP contribution in [0, 0.1) is 0 Å². The number of carbonyl (C=O) groups excluding carboxylic acids is 3. The first-order valence-corrected chi connectivity index (χ1v) is 19.5. The van der Waals surface area contributed by atoms with E-state index >= 15 is 0 Å². The Balaban J connectivity index is 1.09. The second-order valence-electron chi connectivity index (χ2n) is 15.6. The van der Waals surface area contributed by atoms with Crippen molar-refractivity contribution < 1.29 is 33.7 Å². The number of para-hydroxylation sites is 2. The Morgan fingerprint density at radius 2 is 1.57 bits per heavy atom. The van der Waals surface area contributed by atoms with E-state index in [1.54, 1.807) is 24.3 Å². The molecule has 2 aliphatic rings. The van der Waals surface area contributed by atoms with Crippen molar-refractivity contribution in [3.8, 4) is 11.1 Å². The molecule has 0 spiro atoms. The van der Waals surface area contributed by atoms with E-state index in [2.05, 4.69) is 15.5 Å². The molecule has 0 saturated carbocycles. The molecule has 2 aliphatic heterocycles. The summed E-state index contributed by atoms with van der Waals surface area (Å²) in [5.41, 5.74) is 12.1. The highest BCUT2D eigenvalue weighted by molar-refractivity contribution is 5.94. The molecule has 4 aromatic rings. The normalized spacial score (nSPS) is 20.0. The third-order valence-corrected chi connectivity index (χ3v) is 10.1. The van der Waals surface area contributed by atoms with Crippen molar-refractivity contribution in [3.63, 3.8) is 0 Å². The van der Waals surface area contributed by atoms with Crippen LogP contribution in [0.3, 0.4) is 0 Å². The van der Waals surface area contributed by atoms with Gasteiger partial charge in [-0.3, -0.25) is 19.3 Å². The maximum absolute atomic E-state index is 13.1. The van der Waals surface area contributed by atoms with Gasteiger partial charge < -0.3 is 35.7 Å². The third kappa shape index (κ3) is 11.0. The minimum atomic E-state index is -0.644. The van der Waals surface area contributed by atoms with Gasteiger partial charge in [0.25, 0.3) is 0 Å². The Hall–Kier alpha value is -5.07. The maximum Gasteiger partial charge on any atom is 0.323 e. The topological polar surface area (TPSA) is 152 Å². The summed E-state index contributed by atoms with van der Waals surface area (Å²) in [4.78, 5) is 40.4. The van der Waals surface area contributed by atoms with Crippen LogP contribution >= 0.6 is 0 Å². The lowest BCUT2D eigenvalue weighted by Gasteiger charge is -2.38. The van der Waals surface area contributed by atoms with Crippen LogP contribution in [-0.2, 0) is 41.7 Å². The van der Waals surface area contributed by atoms with E-state index in [0.29, 0.717) is 37.3 Å². The van der Waals surface area contributed by atoms with Gasteiger partial charge in [-0.05, 0) is 86.5 Å². The number of nitrogens with zero attached hydrogens (tertiary/aromatic N) is 1. The lowest BCUT2D eigenvalue weighted by atomic mass is 9.97. The predicted molar refractivity (Wildman–Crippen MR) is 216 cm³/mol. The Kier molecular flexibility index (Phi) is 13.6. The number of likely N-dealkylation sites (tertiary alicyclic amines) is 1. The number of nitrogen functional groups attached to an aromatic ring is 1. The highest BCUT2D eigenvalue weighted by Gasteiger charge is 2.39. The second-order valence-corrected chi connectivity index (χ2v) is 15.6. The van der Waals surface area contributed by atoms with Gasteiger partial charge in [0.2, 0.25) is 11.8 Å². The van der Waals surface area contributed by atoms with Crippen molar-refractivity contribution in [2.24, 2.45) is 0 Å². The zero-order valence-electron chi connectivity index (χ0n) is 32.5. The Labute approximate surface area is 329 Å². The molecular formula is C45H54N4O7. The summed E-state index contributed by atoms with van der Waals surface area (Å²) in [6.07, 6.45) is 2.02. The van der Waals surface area contributed by atoms with Crippen molar-refractivity contribution in [2.75, 3.05) is 24.1 Å². The average molecular weight is 763 g/mol. The van der Waals surface area contributed by atoms with Gasteiger partial charge in [0, 0.05) is 37.9 Å². The van der Waals surface area contributed by atoms with Gasteiger partial charge in [-0.25, -0.2) is 0 Å². The SMILES string of the molecule is CC(C)(C)OC(=O)C1CCCN1CC1CC(c2ccc(CO)cc2)OC(c2ccc(-c3ccccc3CNC(=O)CCCC(=O)Nc3ccccc3N)cc2)O1. The van der Waals surface area contributed by atoms with Gasteiger partial charge in [0.15, 0.2) is 6.29 Å². The van der Waals surface area contributed by atoms with Crippen molar-refractivity contribution >= 4 is 29.2 Å². The zero-order valence-corrected chi connectivity index (χ0v) is 32.5. The van der Waals surface area contributed by atoms with E-state index in [1.807, 2.05) is 93.6 Å². The predicted octanol–water partition coefficient (Wildman–Crippen LogP) is 7.20. The molecular weight excluding hydrogens is 709 g/mol. The molecule has 0 aliphatic carbocycles. The van der Waals surface area contributed by atoms with Crippen LogP contribution in [0.2, 0.25) is 0 Å². The molecule has 4 aromatic carbocycles. The summed E-state index contributed by atoms with van der Waals surface area (Å²) < 4.78 is 19.0. The molecule has 0 aromatic heterocycles. The monoisotopic (exact) mass is 762 g/mol. The van der Waals surface area contributed by atoms with E-state index in [9.17, 15) is 19.5 Å². The number of ether oxygens (including phenoxy) is 3. The molecule has 2 heterocycles. The van der Waals surface area contributed by atoms with Crippen LogP contribution < -0.4 is 16.4 Å². The number of esters is 1. The number of nitrogens with two attached hydrogens (primary N) is 1. The summed E-state index contributed by atoms with van der Waals surface area (Å²) in [5.74, 6) is -0.509. The largest absolute Gasteiger partial charge is 0.459 e. The van der Waals surface area contributed by atoms with Crippen LogP contribution in [0.4, 0.5) is 11.4 Å². The standard InChI is InChI=1S/C45H54N4O7/c1-45(2,3)56-43(53)39-14-9-25-49(39)28-35-26-40(32-19-17-30(29-50)18-20-32)55-44(54-35)33-23-21-31(22-24-33)36-11-5-4-10-34(36)27-47-41(51)15-8-16-42(52)48-38-13-7-6-12-37(38)46/h4-7,10-13,17-24,35,39-40,44,50H,8-9,14-16,25-29,46H2,1-3H3,(H,47,51)(H,48,52). The van der Waals surface area contributed by atoms with Crippen molar-refractivity contribution in [1.29, 1.82) is 0 Å². The molecule has 5 N–H and O–H groups in total. The van der Waals surface area contributed by atoms with Crippen LogP contribution in [0.25, 0.3) is 11.1 Å². The van der Waals surface area contributed by atoms with Gasteiger partial charge in [0.1, 0.15) is 11.6 Å². The van der Waals surface area contributed by atoms with Crippen molar-refractivity contribution in [3.05, 3.63) is 119 Å². The molecule has 296 valence electrons. The Bertz CT molecular complexity index is 1940. The minimum absolute atomic E-state index is 0.0325. The molecule has 4 atom stereocenters. The van der Waals surface area contributed by atoms with Crippen molar-refractivity contribution in [2.45, 2.75) is 103 Å². The number of carbonyl (C=O) groups is 3. The summed E-state index contributed by atoms with van der Waals surface area (Å²) >= 11 is 0. The number of hydrogen-bond acceptors (Lipinski definition) is 9. The fourth-order valence-electron chi connectivity index (χ4n) is 7.27. The average Bonchev–Trinajstić information content (AvgIpc) is 3.66. The highest BCUT2D eigenvalue weighted by atomic mass is 16.7. The number of rotatable bonds is 14. The smallest absolute Gasteiger partial charge is 0.323 e. The van der Waals surface area contributed by atoms with Crippen LogP contribution in [0.5, 0.6) is 0 Å². The molecule has 4 unspecified atom stereocenters. The van der Waals surface area contributed by atoms with E-state index in [-0.39, 0.29) is 55.5 Å². The number of hydrogen-bond donors (Lipinski definition) is 4. The summed E-state index contributed by atoms with van der Waals surface area (Å²) in [5, 5.41) is 15.4. The van der Waals surface area contributed by atoms with E-state index in [1.165, 1.54) is 0 Å². The van der Waals surface area contributed by atoms with Gasteiger partial charge in [-0.1, -0.05) is 84.9 Å². The van der Waals surface area contributed by atoms with Gasteiger partial charge in [-0.15, -0.1) is 0 Å². The number of aliphatic hydroxyl groups excluding tert-OH is 1. The van der Waals surface area contributed by atoms with Crippen LogP contribution in [0.15, 0.2) is 97.1 Å². The summed E-state index contributed by atoms with van der Waals surface area (Å²) in [7, 11) is 0. The van der Waals surface area contributed by atoms with Crippen molar-refractivity contribution in [1.82, 2.24) is 10.2 Å². The molecule has 6 rings (SSSR count). The quantitative estimate of drug-likeness (QED) is 0.0772. The lowest BCUT2D eigenvalue weighted by Crippen LogP contribution is -2.45. The second kappa shape index (κ2) is 18.7. The van der Waals surface area contributed by atoms with E-state index < -0.39 is 11.9 Å². The lowest BCUT2D eigenvalue weighted by molar-refractivity contribution is -0.253. The molecule has 56 heavy (non-hydrogen) atoms. The van der Waals surface area contributed by atoms with E-state index in [4.69, 9.17) is 19.9 Å². The van der Waals surface area contributed by atoms with Gasteiger partial charge >= 0.3 is 5.97 Å².